The lowest BCUT2D eigenvalue weighted by Gasteiger charge is -2.14. The standard InChI is InChI=1S/C14H20N2O5/c1-4-10(14(17)18)8-15-11-5-12(16(19)20)7-13(6-11)21-9(2)3/h5-7,9-10,15H,4,8H2,1-3H3,(H,17,18). The second-order valence-electron chi connectivity index (χ2n) is 4.96. The maximum absolute atomic E-state index is 11.0. The number of anilines is 1. The van der Waals surface area contributed by atoms with E-state index >= 15 is 0 Å². The molecule has 0 radical (unpaired) electrons. The zero-order chi connectivity index (χ0) is 16.0. The van der Waals surface area contributed by atoms with Crippen molar-refractivity contribution in [1.29, 1.82) is 0 Å². The summed E-state index contributed by atoms with van der Waals surface area (Å²) >= 11 is 0. The van der Waals surface area contributed by atoms with Crippen LogP contribution in [-0.4, -0.2) is 28.6 Å². The molecule has 1 unspecified atom stereocenters. The van der Waals surface area contributed by atoms with E-state index in [9.17, 15) is 14.9 Å². The van der Waals surface area contributed by atoms with E-state index < -0.39 is 16.8 Å². The van der Waals surface area contributed by atoms with E-state index in [1.807, 2.05) is 13.8 Å². The molecular formula is C14H20N2O5. The Hall–Kier alpha value is -2.31. The number of hydrogen-bond donors (Lipinski definition) is 2. The maximum atomic E-state index is 11.0. The van der Waals surface area contributed by atoms with Gasteiger partial charge in [0.05, 0.1) is 23.0 Å². The smallest absolute Gasteiger partial charge is 0.308 e. The Balaban J connectivity index is 2.92. The molecular weight excluding hydrogens is 276 g/mol. The predicted molar refractivity (Wildman–Crippen MR) is 78.8 cm³/mol. The third kappa shape index (κ3) is 5.29. The first-order chi connectivity index (χ1) is 9.83. The lowest BCUT2D eigenvalue weighted by Crippen LogP contribution is -2.22. The van der Waals surface area contributed by atoms with Crippen LogP contribution in [0.25, 0.3) is 0 Å². The van der Waals surface area contributed by atoms with E-state index in [1.165, 1.54) is 12.1 Å². The third-order valence-corrected chi connectivity index (χ3v) is 2.87. The highest BCUT2D eigenvalue weighted by molar-refractivity contribution is 5.71. The normalized spacial score (nSPS) is 12.0. The summed E-state index contributed by atoms with van der Waals surface area (Å²) in [5.74, 6) is -1.06. The fraction of sp³-hybridized carbons (Fsp3) is 0.500. The topological polar surface area (TPSA) is 102 Å². The van der Waals surface area contributed by atoms with Crippen LogP contribution in [0.2, 0.25) is 0 Å². The molecule has 1 atom stereocenters. The van der Waals surface area contributed by atoms with E-state index in [0.29, 0.717) is 17.9 Å². The monoisotopic (exact) mass is 296 g/mol. The number of nitrogens with zero attached hydrogens (tertiary/aromatic N) is 1. The number of carboxylic acids is 1. The fourth-order valence-electron chi connectivity index (χ4n) is 1.78. The van der Waals surface area contributed by atoms with Crippen molar-refractivity contribution in [3.8, 4) is 5.75 Å². The highest BCUT2D eigenvalue weighted by atomic mass is 16.6. The predicted octanol–water partition coefficient (Wildman–Crippen LogP) is 2.90. The van der Waals surface area contributed by atoms with E-state index in [4.69, 9.17) is 9.84 Å². The maximum Gasteiger partial charge on any atom is 0.308 e. The van der Waals surface area contributed by atoms with Gasteiger partial charge >= 0.3 is 5.97 Å². The van der Waals surface area contributed by atoms with Gasteiger partial charge in [-0.1, -0.05) is 6.92 Å². The average Bonchev–Trinajstić information content (AvgIpc) is 2.37. The van der Waals surface area contributed by atoms with Crippen molar-refractivity contribution in [2.24, 2.45) is 5.92 Å². The van der Waals surface area contributed by atoms with Crippen LogP contribution in [0, 0.1) is 16.0 Å². The molecule has 0 saturated carbocycles. The molecule has 116 valence electrons. The number of nitrogens with one attached hydrogen (secondary N) is 1. The molecule has 0 aliphatic carbocycles. The quantitative estimate of drug-likeness (QED) is 0.565. The SMILES string of the molecule is CCC(CNc1cc(OC(C)C)cc([N+](=O)[O-])c1)C(=O)O. The van der Waals surface area contributed by atoms with Crippen molar-refractivity contribution in [1.82, 2.24) is 0 Å². The molecule has 21 heavy (non-hydrogen) atoms. The number of hydrogen-bond acceptors (Lipinski definition) is 5. The molecule has 7 heteroatoms. The molecule has 2 N–H and O–H groups in total. The Labute approximate surface area is 123 Å². The van der Waals surface area contributed by atoms with E-state index in [1.54, 1.807) is 13.0 Å². The Kier molecular flexibility index (Phi) is 5.95. The minimum absolute atomic E-state index is 0.0981. The number of non-ortho nitro benzene ring substituents is 1. The van der Waals surface area contributed by atoms with Crippen LogP contribution in [0.1, 0.15) is 27.2 Å². The van der Waals surface area contributed by atoms with Crippen LogP contribution in [0.4, 0.5) is 11.4 Å². The van der Waals surface area contributed by atoms with Gasteiger partial charge in [0.25, 0.3) is 5.69 Å². The van der Waals surface area contributed by atoms with Crippen molar-refractivity contribution >= 4 is 17.3 Å². The largest absolute Gasteiger partial charge is 0.491 e. The number of nitro groups is 1. The minimum Gasteiger partial charge on any atom is -0.491 e. The van der Waals surface area contributed by atoms with Crippen LogP contribution < -0.4 is 10.1 Å². The number of benzene rings is 1. The van der Waals surface area contributed by atoms with Gasteiger partial charge in [-0.25, -0.2) is 0 Å². The minimum atomic E-state index is -0.894. The van der Waals surface area contributed by atoms with Crippen LogP contribution in [0.5, 0.6) is 5.75 Å². The number of aliphatic carboxylic acids is 1. The van der Waals surface area contributed by atoms with Gasteiger partial charge in [0.15, 0.2) is 0 Å². The van der Waals surface area contributed by atoms with Crippen molar-refractivity contribution in [3.63, 3.8) is 0 Å². The summed E-state index contributed by atoms with van der Waals surface area (Å²) in [5, 5.41) is 22.8. The summed E-state index contributed by atoms with van der Waals surface area (Å²) in [5.41, 5.74) is 0.374. The molecule has 0 spiro atoms. The highest BCUT2D eigenvalue weighted by Gasteiger charge is 2.16. The molecule has 1 aromatic rings. The summed E-state index contributed by atoms with van der Waals surface area (Å²) in [7, 11) is 0. The molecule has 1 rings (SSSR count). The second-order valence-corrected chi connectivity index (χ2v) is 4.96. The zero-order valence-corrected chi connectivity index (χ0v) is 12.3. The summed E-state index contributed by atoms with van der Waals surface area (Å²) in [4.78, 5) is 21.4. The molecule has 0 aromatic heterocycles. The second kappa shape index (κ2) is 7.47. The Bertz CT molecular complexity index is 516. The third-order valence-electron chi connectivity index (χ3n) is 2.87. The molecule has 0 heterocycles. The molecule has 1 aromatic carbocycles. The van der Waals surface area contributed by atoms with E-state index in [-0.39, 0.29) is 18.3 Å². The summed E-state index contributed by atoms with van der Waals surface area (Å²) in [6.07, 6.45) is 0.370. The molecule has 0 aliphatic heterocycles. The van der Waals surface area contributed by atoms with Gasteiger partial charge in [0.1, 0.15) is 5.75 Å². The Morgan fingerprint density at radius 1 is 1.43 bits per heavy atom. The molecule has 7 nitrogen and oxygen atoms in total. The van der Waals surface area contributed by atoms with Gasteiger partial charge in [0, 0.05) is 24.4 Å². The molecule has 0 aliphatic rings. The number of rotatable bonds is 8. The van der Waals surface area contributed by atoms with Crippen LogP contribution >= 0.6 is 0 Å². The van der Waals surface area contributed by atoms with E-state index in [0.717, 1.165) is 0 Å². The lowest BCUT2D eigenvalue weighted by molar-refractivity contribution is -0.384. The van der Waals surface area contributed by atoms with Gasteiger partial charge in [-0.3, -0.25) is 14.9 Å². The zero-order valence-electron chi connectivity index (χ0n) is 12.3. The number of nitro benzene ring substituents is 1. The van der Waals surface area contributed by atoms with Crippen LogP contribution in [-0.2, 0) is 4.79 Å². The Morgan fingerprint density at radius 2 is 2.10 bits per heavy atom. The number of carboxylic acid groups (broad SMARTS) is 1. The fourth-order valence-corrected chi connectivity index (χ4v) is 1.78. The first-order valence-corrected chi connectivity index (χ1v) is 6.76. The van der Waals surface area contributed by atoms with Crippen molar-refractivity contribution in [3.05, 3.63) is 28.3 Å². The number of ether oxygens (including phenoxy) is 1. The lowest BCUT2D eigenvalue weighted by atomic mass is 10.1. The summed E-state index contributed by atoms with van der Waals surface area (Å²) in [6.45, 7) is 5.63. The molecule has 0 bridgehead atoms. The van der Waals surface area contributed by atoms with Gasteiger partial charge in [-0.2, -0.15) is 0 Å². The van der Waals surface area contributed by atoms with Gasteiger partial charge in [0.2, 0.25) is 0 Å². The first-order valence-electron chi connectivity index (χ1n) is 6.76. The van der Waals surface area contributed by atoms with Crippen LogP contribution in [0.3, 0.4) is 0 Å². The summed E-state index contributed by atoms with van der Waals surface area (Å²) in [6, 6.07) is 4.34. The summed E-state index contributed by atoms with van der Waals surface area (Å²) < 4.78 is 5.47. The first kappa shape index (κ1) is 16.7. The van der Waals surface area contributed by atoms with Crippen molar-refractivity contribution in [2.75, 3.05) is 11.9 Å². The molecule has 0 saturated heterocycles. The van der Waals surface area contributed by atoms with Gasteiger partial charge in [-0.05, 0) is 20.3 Å². The number of carbonyl (C=O) groups is 1. The van der Waals surface area contributed by atoms with Gasteiger partial charge in [-0.15, -0.1) is 0 Å². The Morgan fingerprint density at radius 3 is 2.57 bits per heavy atom. The van der Waals surface area contributed by atoms with Gasteiger partial charge < -0.3 is 15.2 Å². The van der Waals surface area contributed by atoms with Crippen LogP contribution in [0.15, 0.2) is 18.2 Å². The van der Waals surface area contributed by atoms with Crippen molar-refractivity contribution in [2.45, 2.75) is 33.3 Å². The molecule has 0 amide bonds. The average molecular weight is 296 g/mol. The highest BCUT2D eigenvalue weighted by Crippen LogP contribution is 2.27. The van der Waals surface area contributed by atoms with E-state index in [2.05, 4.69) is 5.32 Å². The molecule has 0 fully saturated rings. The van der Waals surface area contributed by atoms with Crippen molar-refractivity contribution < 1.29 is 19.6 Å².